The van der Waals surface area contributed by atoms with Crippen molar-refractivity contribution in [3.05, 3.63) is 46.7 Å². The summed E-state index contributed by atoms with van der Waals surface area (Å²) in [5, 5.41) is 17.9. The van der Waals surface area contributed by atoms with E-state index < -0.39 is 6.10 Å². The van der Waals surface area contributed by atoms with E-state index in [0.29, 0.717) is 6.54 Å². The minimum Gasteiger partial charge on any atom is -0.387 e. The summed E-state index contributed by atoms with van der Waals surface area (Å²) in [6.45, 7) is 0.483. The molecule has 5 heteroatoms. The SMILES string of the molecule is OC(CNc1nc2ccccc2s1)c1ccsc1. The Morgan fingerprint density at radius 3 is 2.94 bits per heavy atom. The quantitative estimate of drug-likeness (QED) is 0.766. The standard InChI is InChI=1S/C13H12N2OS2/c16-11(9-5-6-17-8-9)7-14-13-15-10-3-1-2-4-12(10)18-13/h1-6,8,11,16H,7H2,(H,14,15). The fourth-order valence-electron chi connectivity index (χ4n) is 1.71. The number of anilines is 1. The molecule has 0 bridgehead atoms. The predicted octanol–water partition coefficient (Wildman–Crippen LogP) is 3.50. The monoisotopic (exact) mass is 276 g/mol. The van der Waals surface area contributed by atoms with Gasteiger partial charge in [-0.1, -0.05) is 23.5 Å². The maximum absolute atomic E-state index is 9.97. The lowest BCUT2D eigenvalue weighted by atomic mass is 10.2. The number of aliphatic hydroxyl groups excluding tert-OH is 1. The van der Waals surface area contributed by atoms with Gasteiger partial charge < -0.3 is 10.4 Å². The molecule has 0 spiro atoms. The third-order valence-corrected chi connectivity index (χ3v) is 4.36. The summed E-state index contributed by atoms with van der Waals surface area (Å²) in [7, 11) is 0. The molecule has 3 aromatic rings. The molecule has 3 nitrogen and oxygen atoms in total. The lowest BCUT2D eigenvalue weighted by Gasteiger charge is -2.08. The maximum Gasteiger partial charge on any atom is 0.183 e. The molecule has 0 saturated heterocycles. The van der Waals surface area contributed by atoms with Crippen LogP contribution in [0.25, 0.3) is 10.2 Å². The molecule has 18 heavy (non-hydrogen) atoms. The minimum atomic E-state index is -0.483. The van der Waals surface area contributed by atoms with Gasteiger partial charge in [0.25, 0.3) is 0 Å². The number of rotatable bonds is 4. The van der Waals surface area contributed by atoms with Crippen LogP contribution < -0.4 is 5.32 Å². The molecular formula is C13H12N2OS2. The molecule has 3 rings (SSSR count). The number of aromatic nitrogens is 1. The Morgan fingerprint density at radius 2 is 2.17 bits per heavy atom. The Balaban J connectivity index is 1.69. The summed E-state index contributed by atoms with van der Waals surface area (Å²) in [6, 6.07) is 9.96. The molecule has 0 amide bonds. The first-order valence-electron chi connectivity index (χ1n) is 5.62. The largest absolute Gasteiger partial charge is 0.387 e. The fraction of sp³-hybridized carbons (Fsp3) is 0.154. The van der Waals surface area contributed by atoms with Gasteiger partial charge in [-0.05, 0) is 34.5 Å². The summed E-state index contributed by atoms with van der Waals surface area (Å²) < 4.78 is 1.16. The van der Waals surface area contributed by atoms with Crippen molar-refractivity contribution in [2.75, 3.05) is 11.9 Å². The Labute approximate surface area is 113 Å². The van der Waals surface area contributed by atoms with Crippen molar-refractivity contribution in [2.45, 2.75) is 6.10 Å². The molecule has 0 fully saturated rings. The Morgan fingerprint density at radius 1 is 1.28 bits per heavy atom. The summed E-state index contributed by atoms with van der Waals surface area (Å²) in [5.41, 5.74) is 1.95. The minimum absolute atomic E-state index is 0.483. The van der Waals surface area contributed by atoms with Crippen molar-refractivity contribution < 1.29 is 5.11 Å². The van der Waals surface area contributed by atoms with Crippen LogP contribution in [0, 0.1) is 0 Å². The van der Waals surface area contributed by atoms with Gasteiger partial charge in [0, 0.05) is 6.54 Å². The van der Waals surface area contributed by atoms with Crippen LogP contribution in [0.4, 0.5) is 5.13 Å². The van der Waals surface area contributed by atoms with Crippen LogP contribution in [-0.4, -0.2) is 16.6 Å². The Kier molecular flexibility index (Phi) is 3.27. The second kappa shape index (κ2) is 5.06. The summed E-state index contributed by atoms with van der Waals surface area (Å²) in [5.74, 6) is 0. The van der Waals surface area contributed by atoms with Crippen molar-refractivity contribution in [3.8, 4) is 0 Å². The van der Waals surface area contributed by atoms with Crippen LogP contribution in [-0.2, 0) is 0 Å². The topological polar surface area (TPSA) is 45.1 Å². The highest BCUT2D eigenvalue weighted by Gasteiger charge is 2.09. The van der Waals surface area contributed by atoms with Gasteiger partial charge in [-0.25, -0.2) is 4.98 Å². The first-order valence-corrected chi connectivity index (χ1v) is 7.38. The van der Waals surface area contributed by atoms with Crippen molar-refractivity contribution in [3.63, 3.8) is 0 Å². The number of fused-ring (bicyclic) bond motifs is 1. The number of thiophene rings is 1. The van der Waals surface area contributed by atoms with Crippen LogP contribution in [0.5, 0.6) is 0 Å². The smallest absolute Gasteiger partial charge is 0.183 e. The van der Waals surface area contributed by atoms with Crippen LogP contribution in [0.15, 0.2) is 41.1 Å². The van der Waals surface area contributed by atoms with Gasteiger partial charge in [-0.15, -0.1) is 0 Å². The second-order valence-electron chi connectivity index (χ2n) is 3.94. The highest BCUT2D eigenvalue weighted by molar-refractivity contribution is 7.22. The molecule has 1 unspecified atom stereocenters. The molecule has 1 atom stereocenters. The van der Waals surface area contributed by atoms with Crippen molar-refractivity contribution in [1.29, 1.82) is 0 Å². The third kappa shape index (κ3) is 2.38. The van der Waals surface area contributed by atoms with Crippen LogP contribution >= 0.6 is 22.7 Å². The lowest BCUT2D eigenvalue weighted by molar-refractivity contribution is 0.192. The molecular weight excluding hydrogens is 264 g/mol. The number of para-hydroxylation sites is 1. The van der Waals surface area contributed by atoms with Gasteiger partial charge in [0.2, 0.25) is 0 Å². The number of hydrogen-bond donors (Lipinski definition) is 2. The summed E-state index contributed by atoms with van der Waals surface area (Å²) in [6.07, 6.45) is -0.483. The maximum atomic E-state index is 9.97. The van der Waals surface area contributed by atoms with Crippen molar-refractivity contribution >= 4 is 38.0 Å². The predicted molar refractivity (Wildman–Crippen MR) is 77.4 cm³/mol. The fourth-order valence-corrected chi connectivity index (χ4v) is 3.29. The van der Waals surface area contributed by atoms with E-state index in [0.717, 1.165) is 20.9 Å². The molecule has 2 heterocycles. The normalized spacial score (nSPS) is 12.7. The molecule has 1 aromatic carbocycles. The molecule has 2 N–H and O–H groups in total. The second-order valence-corrected chi connectivity index (χ2v) is 5.75. The third-order valence-electron chi connectivity index (χ3n) is 2.67. The molecule has 0 radical (unpaired) electrons. The van der Waals surface area contributed by atoms with E-state index in [-0.39, 0.29) is 0 Å². The highest BCUT2D eigenvalue weighted by atomic mass is 32.1. The van der Waals surface area contributed by atoms with Gasteiger partial charge in [0.1, 0.15) is 0 Å². The molecule has 2 aromatic heterocycles. The van der Waals surface area contributed by atoms with Gasteiger partial charge in [-0.2, -0.15) is 11.3 Å². The zero-order valence-corrected chi connectivity index (χ0v) is 11.2. The van der Waals surface area contributed by atoms with E-state index in [1.165, 1.54) is 0 Å². The van der Waals surface area contributed by atoms with Crippen LogP contribution in [0.1, 0.15) is 11.7 Å². The van der Waals surface area contributed by atoms with Gasteiger partial charge >= 0.3 is 0 Å². The van der Waals surface area contributed by atoms with E-state index in [4.69, 9.17) is 0 Å². The van der Waals surface area contributed by atoms with Crippen LogP contribution in [0.2, 0.25) is 0 Å². The van der Waals surface area contributed by atoms with Crippen molar-refractivity contribution in [1.82, 2.24) is 4.98 Å². The zero-order valence-electron chi connectivity index (χ0n) is 9.54. The number of thiazole rings is 1. The van der Waals surface area contributed by atoms with Gasteiger partial charge in [-0.3, -0.25) is 0 Å². The first kappa shape index (κ1) is 11.6. The van der Waals surface area contributed by atoms with E-state index in [9.17, 15) is 5.11 Å². The molecule has 92 valence electrons. The highest BCUT2D eigenvalue weighted by Crippen LogP contribution is 2.26. The molecule has 0 aliphatic rings. The summed E-state index contributed by atoms with van der Waals surface area (Å²) in [4.78, 5) is 4.46. The number of nitrogens with one attached hydrogen (secondary N) is 1. The average Bonchev–Trinajstić information content (AvgIpc) is 3.04. The summed E-state index contributed by atoms with van der Waals surface area (Å²) >= 11 is 3.20. The van der Waals surface area contributed by atoms with E-state index >= 15 is 0 Å². The number of hydrogen-bond acceptors (Lipinski definition) is 5. The van der Waals surface area contributed by atoms with Crippen molar-refractivity contribution in [2.24, 2.45) is 0 Å². The number of benzene rings is 1. The van der Waals surface area contributed by atoms with Gasteiger partial charge in [0.05, 0.1) is 16.3 Å². The van der Waals surface area contributed by atoms with E-state index in [1.54, 1.807) is 22.7 Å². The average molecular weight is 276 g/mol. The first-order chi connectivity index (χ1) is 8.83. The van der Waals surface area contributed by atoms with Crippen LogP contribution in [0.3, 0.4) is 0 Å². The number of aliphatic hydroxyl groups is 1. The number of nitrogens with zero attached hydrogens (tertiary/aromatic N) is 1. The molecule has 0 aliphatic carbocycles. The zero-order chi connectivity index (χ0) is 12.4. The Bertz CT molecular complexity index is 600. The van der Waals surface area contributed by atoms with E-state index in [1.807, 2.05) is 41.1 Å². The molecule has 0 aliphatic heterocycles. The Hall–Kier alpha value is -1.43. The van der Waals surface area contributed by atoms with Gasteiger partial charge in [0.15, 0.2) is 5.13 Å². The molecule has 0 saturated carbocycles. The van der Waals surface area contributed by atoms with E-state index in [2.05, 4.69) is 10.3 Å². The lowest BCUT2D eigenvalue weighted by Crippen LogP contribution is -2.11.